The summed E-state index contributed by atoms with van der Waals surface area (Å²) in [6.07, 6.45) is 0.896. The second kappa shape index (κ2) is 11.4. The SMILES string of the molecule is CCOC(=O)C(CC)(SC(CC)(C(=O)OCC)c1ccc2ccccc2c1)c1ccc2ccccc2c1. The molecular formula is C32H34O4S. The summed E-state index contributed by atoms with van der Waals surface area (Å²) in [5.41, 5.74) is 1.64. The molecule has 0 bridgehead atoms. The second-order valence-electron chi connectivity index (χ2n) is 9.03. The summed E-state index contributed by atoms with van der Waals surface area (Å²) in [5, 5.41) is 4.25. The van der Waals surface area contributed by atoms with Gasteiger partial charge in [-0.1, -0.05) is 86.6 Å². The fraction of sp³-hybridized carbons (Fsp3) is 0.312. The molecule has 5 heteroatoms. The van der Waals surface area contributed by atoms with Gasteiger partial charge in [0.15, 0.2) is 0 Å². The first kappa shape index (κ1) is 26.7. The maximum Gasteiger partial charge on any atom is 0.326 e. The Bertz CT molecular complexity index is 1310. The van der Waals surface area contributed by atoms with E-state index in [2.05, 4.69) is 12.1 Å². The summed E-state index contributed by atoms with van der Waals surface area (Å²) < 4.78 is 9.14. The minimum Gasteiger partial charge on any atom is -0.465 e. The Morgan fingerprint density at radius 2 is 0.973 bits per heavy atom. The van der Waals surface area contributed by atoms with Crippen LogP contribution in [0, 0.1) is 0 Å². The normalized spacial score (nSPS) is 14.6. The van der Waals surface area contributed by atoms with E-state index in [4.69, 9.17) is 9.47 Å². The molecule has 4 rings (SSSR count). The van der Waals surface area contributed by atoms with Crippen LogP contribution >= 0.6 is 11.8 Å². The molecule has 192 valence electrons. The molecule has 0 saturated heterocycles. The smallest absolute Gasteiger partial charge is 0.326 e. The largest absolute Gasteiger partial charge is 0.465 e. The molecule has 2 atom stereocenters. The van der Waals surface area contributed by atoms with E-state index in [0.717, 1.165) is 32.7 Å². The predicted molar refractivity (Wildman–Crippen MR) is 153 cm³/mol. The lowest BCUT2D eigenvalue weighted by atomic mass is 9.92. The van der Waals surface area contributed by atoms with Crippen molar-refractivity contribution in [2.75, 3.05) is 13.2 Å². The molecule has 0 aliphatic rings. The van der Waals surface area contributed by atoms with Gasteiger partial charge in [-0.2, -0.15) is 0 Å². The fourth-order valence-electron chi connectivity index (χ4n) is 4.95. The van der Waals surface area contributed by atoms with Gasteiger partial charge in [0.05, 0.1) is 13.2 Å². The number of esters is 2. The van der Waals surface area contributed by atoms with E-state index in [1.165, 1.54) is 11.8 Å². The molecule has 0 aliphatic carbocycles. The lowest BCUT2D eigenvalue weighted by Crippen LogP contribution is -2.43. The maximum absolute atomic E-state index is 13.9. The number of benzene rings is 4. The predicted octanol–water partition coefficient (Wildman–Crippen LogP) is 7.76. The van der Waals surface area contributed by atoms with Crippen molar-refractivity contribution in [3.05, 3.63) is 96.1 Å². The van der Waals surface area contributed by atoms with E-state index in [1.54, 1.807) is 0 Å². The van der Waals surface area contributed by atoms with E-state index >= 15 is 0 Å². The molecule has 37 heavy (non-hydrogen) atoms. The minimum atomic E-state index is -1.12. The van der Waals surface area contributed by atoms with Gasteiger partial charge in [0.25, 0.3) is 0 Å². The van der Waals surface area contributed by atoms with Gasteiger partial charge in [-0.25, -0.2) is 0 Å². The lowest BCUT2D eigenvalue weighted by molar-refractivity contribution is -0.147. The zero-order chi connectivity index (χ0) is 26.5. The van der Waals surface area contributed by atoms with Crippen LogP contribution in [0.1, 0.15) is 51.7 Å². The highest BCUT2D eigenvalue weighted by atomic mass is 32.2. The van der Waals surface area contributed by atoms with Crippen molar-refractivity contribution < 1.29 is 19.1 Å². The Morgan fingerprint density at radius 1 is 0.595 bits per heavy atom. The Morgan fingerprint density at radius 3 is 1.32 bits per heavy atom. The summed E-state index contributed by atoms with van der Waals surface area (Å²) in [4.78, 5) is 27.7. The summed E-state index contributed by atoms with van der Waals surface area (Å²) in [6.45, 7) is 8.08. The van der Waals surface area contributed by atoms with Crippen LogP contribution < -0.4 is 0 Å². The van der Waals surface area contributed by atoms with Crippen LogP contribution in [0.25, 0.3) is 21.5 Å². The van der Waals surface area contributed by atoms with Crippen molar-refractivity contribution in [1.82, 2.24) is 0 Å². The van der Waals surface area contributed by atoms with Gasteiger partial charge in [-0.3, -0.25) is 9.59 Å². The molecule has 4 aromatic rings. The molecular weight excluding hydrogens is 480 g/mol. The standard InChI is InChI=1S/C32H34O4S/c1-5-31(29(33)35-7-3,27-19-17-23-13-9-11-15-25(23)21-27)37-32(6-2,30(34)36-8-4)28-20-18-24-14-10-12-16-26(24)22-28/h9-22H,5-8H2,1-4H3. The third kappa shape index (κ3) is 4.97. The molecule has 4 nitrogen and oxygen atoms in total. The van der Waals surface area contributed by atoms with Crippen LogP contribution in [0.3, 0.4) is 0 Å². The van der Waals surface area contributed by atoms with Crippen LogP contribution in [-0.2, 0) is 28.6 Å². The zero-order valence-electron chi connectivity index (χ0n) is 22.0. The zero-order valence-corrected chi connectivity index (χ0v) is 22.8. The summed E-state index contributed by atoms with van der Waals surface area (Å²) in [7, 11) is 0. The minimum absolute atomic E-state index is 0.253. The van der Waals surface area contributed by atoms with Crippen molar-refractivity contribution in [1.29, 1.82) is 0 Å². The highest BCUT2D eigenvalue weighted by Gasteiger charge is 2.52. The molecule has 0 aromatic heterocycles. The highest BCUT2D eigenvalue weighted by Crippen LogP contribution is 2.54. The van der Waals surface area contributed by atoms with Crippen molar-refractivity contribution >= 4 is 45.2 Å². The van der Waals surface area contributed by atoms with Crippen molar-refractivity contribution in [2.24, 2.45) is 0 Å². The summed E-state index contributed by atoms with van der Waals surface area (Å²) in [5.74, 6) is -0.693. The average molecular weight is 515 g/mol. The van der Waals surface area contributed by atoms with E-state index in [1.807, 2.05) is 100 Å². The van der Waals surface area contributed by atoms with Crippen molar-refractivity contribution in [3.63, 3.8) is 0 Å². The molecule has 0 saturated carbocycles. The number of carbonyl (C=O) groups is 2. The first-order valence-electron chi connectivity index (χ1n) is 13.0. The van der Waals surface area contributed by atoms with Crippen molar-refractivity contribution in [3.8, 4) is 0 Å². The highest BCUT2D eigenvalue weighted by molar-refractivity contribution is 8.02. The number of rotatable bonds is 10. The Kier molecular flexibility index (Phi) is 8.23. The Hall–Kier alpha value is -3.31. The van der Waals surface area contributed by atoms with Gasteiger partial charge < -0.3 is 9.47 Å². The molecule has 2 unspecified atom stereocenters. The fourth-order valence-corrected chi connectivity index (χ4v) is 6.61. The van der Waals surface area contributed by atoms with Gasteiger partial charge in [-0.05, 0) is 71.5 Å². The third-order valence-corrected chi connectivity index (χ3v) is 9.07. The maximum atomic E-state index is 13.9. The topological polar surface area (TPSA) is 52.6 Å². The second-order valence-corrected chi connectivity index (χ2v) is 10.6. The van der Waals surface area contributed by atoms with Gasteiger partial charge in [-0.15, -0.1) is 11.8 Å². The Labute approximate surface area is 223 Å². The number of ether oxygens (including phenoxy) is 2. The Balaban J connectivity index is 1.95. The first-order valence-corrected chi connectivity index (χ1v) is 13.8. The van der Waals surface area contributed by atoms with Gasteiger partial charge >= 0.3 is 11.9 Å². The summed E-state index contributed by atoms with van der Waals surface area (Å²) >= 11 is 1.36. The van der Waals surface area contributed by atoms with Crippen LogP contribution in [-0.4, -0.2) is 25.2 Å². The lowest BCUT2D eigenvalue weighted by Gasteiger charge is -2.40. The first-order chi connectivity index (χ1) is 17.9. The number of hydrogen-bond acceptors (Lipinski definition) is 5. The van der Waals surface area contributed by atoms with E-state index < -0.39 is 9.49 Å². The van der Waals surface area contributed by atoms with Crippen molar-refractivity contribution in [2.45, 2.75) is 50.0 Å². The van der Waals surface area contributed by atoms with E-state index in [9.17, 15) is 9.59 Å². The number of carbonyl (C=O) groups excluding carboxylic acids is 2. The molecule has 0 amide bonds. The van der Waals surface area contributed by atoms with Gasteiger partial charge in [0.1, 0.15) is 9.49 Å². The number of thioether (sulfide) groups is 1. The van der Waals surface area contributed by atoms with Crippen LogP contribution in [0.4, 0.5) is 0 Å². The third-order valence-electron chi connectivity index (χ3n) is 6.99. The van der Waals surface area contributed by atoms with E-state index in [0.29, 0.717) is 12.8 Å². The molecule has 0 radical (unpaired) electrons. The monoisotopic (exact) mass is 514 g/mol. The van der Waals surface area contributed by atoms with Crippen LogP contribution in [0.15, 0.2) is 84.9 Å². The quantitative estimate of drug-likeness (QED) is 0.202. The molecule has 0 heterocycles. The molecule has 0 N–H and O–H groups in total. The number of hydrogen-bond donors (Lipinski definition) is 0. The van der Waals surface area contributed by atoms with Gasteiger partial charge in [0, 0.05) is 0 Å². The average Bonchev–Trinajstić information content (AvgIpc) is 2.94. The van der Waals surface area contributed by atoms with Crippen LogP contribution in [0.2, 0.25) is 0 Å². The van der Waals surface area contributed by atoms with Gasteiger partial charge in [0.2, 0.25) is 0 Å². The summed E-state index contributed by atoms with van der Waals surface area (Å²) in [6, 6.07) is 28.3. The molecule has 0 fully saturated rings. The van der Waals surface area contributed by atoms with E-state index in [-0.39, 0.29) is 25.2 Å². The molecule has 4 aromatic carbocycles. The van der Waals surface area contributed by atoms with Crippen LogP contribution in [0.5, 0.6) is 0 Å². The number of fused-ring (bicyclic) bond motifs is 2. The molecule has 0 spiro atoms. The molecule has 0 aliphatic heterocycles.